The minimum atomic E-state index is -0.799. The molecule has 1 saturated heterocycles. The van der Waals surface area contributed by atoms with Crippen LogP contribution in [0.4, 0.5) is 0 Å². The number of likely N-dealkylation sites (tertiary alicyclic amines) is 1. The number of amides is 1. The van der Waals surface area contributed by atoms with E-state index in [1.54, 1.807) is 0 Å². The fourth-order valence-electron chi connectivity index (χ4n) is 3.87. The van der Waals surface area contributed by atoms with E-state index in [1.165, 1.54) is 25.7 Å². The van der Waals surface area contributed by atoms with Gasteiger partial charge in [-0.3, -0.25) is 4.79 Å². The lowest BCUT2D eigenvalue weighted by molar-refractivity contribution is -0.142. The smallest absolute Gasteiger partial charge is 0.267 e. The van der Waals surface area contributed by atoms with Crippen LogP contribution >= 0.6 is 0 Å². The Labute approximate surface area is 127 Å². The predicted molar refractivity (Wildman–Crippen MR) is 82.2 cm³/mol. The number of rotatable bonds is 3. The number of hydrogen-bond acceptors (Lipinski definition) is 4. The Morgan fingerprint density at radius 3 is 2.52 bits per heavy atom. The molecular formula is C16H27N3O2. The van der Waals surface area contributed by atoms with Crippen LogP contribution in [0.5, 0.6) is 0 Å². The van der Waals surface area contributed by atoms with Crippen LogP contribution < -0.4 is 5.32 Å². The molecule has 1 atom stereocenters. The summed E-state index contributed by atoms with van der Waals surface area (Å²) in [7, 11) is 0. The quantitative estimate of drug-likeness (QED) is 0.866. The van der Waals surface area contributed by atoms with Crippen molar-refractivity contribution in [2.75, 3.05) is 13.1 Å². The van der Waals surface area contributed by atoms with Crippen LogP contribution in [0.3, 0.4) is 0 Å². The molecule has 0 radical (unpaired) electrons. The molecule has 3 aliphatic rings. The van der Waals surface area contributed by atoms with Crippen LogP contribution in [0.25, 0.3) is 0 Å². The predicted octanol–water partition coefficient (Wildman–Crippen LogP) is 2.06. The van der Waals surface area contributed by atoms with Gasteiger partial charge < -0.3 is 15.1 Å². The van der Waals surface area contributed by atoms with Crippen molar-refractivity contribution in [3.8, 4) is 0 Å². The molecule has 3 rings (SSSR count). The summed E-state index contributed by atoms with van der Waals surface area (Å²) >= 11 is 0. The van der Waals surface area contributed by atoms with Gasteiger partial charge >= 0.3 is 0 Å². The van der Waals surface area contributed by atoms with Crippen molar-refractivity contribution in [3.05, 3.63) is 0 Å². The van der Waals surface area contributed by atoms with Crippen LogP contribution in [0.2, 0.25) is 0 Å². The Morgan fingerprint density at radius 2 is 1.95 bits per heavy atom. The zero-order valence-corrected chi connectivity index (χ0v) is 13.2. The van der Waals surface area contributed by atoms with Gasteiger partial charge in [0.15, 0.2) is 0 Å². The van der Waals surface area contributed by atoms with E-state index in [9.17, 15) is 4.79 Å². The average molecular weight is 293 g/mol. The van der Waals surface area contributed by atoms with Crippen molar-refractivity contribution in [2.24, 2.45) is 5.16 Å². The molecule has 0 bridgehead atoms. The Hall–Kier alpha value is -1.10. The monoisotopic (exact) mass is 293 g/mol. The molecule has 2 aliphatic heterocycles. The summed E-state index contributed by atoms with van der Waals surface area (Å²) in [6.07, 6.45) is 8.20. The average Bonchev–Trinajstić information content (AvgIpc) is 3.10. The van der Waals surface area contributed by atoms with E-state index in [0.717, 1.165) is 37.7 Å². The zero-order chi connectivity index (χ0) is 14.9. The van der Waals surface area contributed by atoms with E-state index in [2.05, 4.69) is 15.4 Å². The molecule has 0 aromatic rings. The molecule has 118 valence electrons. The van der Waals surface area contributed by atoms with Crippen molar-refractivity contribution in [2.45, 2.75) is 76.5 Å². The van der Waals surface area contributed by atoms with E-state index in [-0.39, 0.29) is 11.9 Å². The van der Waals surface area contributed by atoms with Gasteiger partial charge in [-0.1, -0.05) is 18.0 Å². The van der Waals surface area contributed by atoms with Crippen molar-refractivity contribution in [1.82, 2.24) is 10.2 Å². The van der Waals surface area contributed by atoms with Gasteiger partial charge in [-0.15, -0.1) is 0 Å². The maximum absolute atomic E-state index is 12.4. The molecule has 1 amide bonds. The summed E-state index contributed by atoms with van der Waals surface area (Å²) < 4.78 is 0. The number of hydrogen-bond donors (Lipinski definition) is 1. The Bertz CT molecular complexity index is 423. The molecule has 5 heteroatoms. The summed E-state index contributed by atoms with van der Waals surface area (Å²) in [6.45, 7) is 5.96. The number of nitrogens with one attached hydrogen (secondary N) is 1. The molecule has 0 unspecified atom stereocenters. The van der Waals surface area contributed by atoms with Crippen LogP contribution in [-0.2, 0) is 9.63 Å². The second-order valence-corrected chi connectivity index (χ2v) is 7.05. The zero-order valence-electron chi connectivity index (χ0n) is 13.2. The van der Waals surface area contributed by atoms with E-state index in [1.807, 2.05) is 13.8 Å². The highest BCUT2D eigenvalue weighted by atomic mass is 16.7. The molecule has 2 heterocycles. The molecule has 0 spiro atoms. The normalized spacial score (nSPS) is 32.0. The van der Waals surface area contributed by atoms with Gasteiger partial charge in [0.05, 0.1) is 5.71 Å². The standard InChI is InChI=1S/C16H27N3O2/c1-12-11-16(2,21-18-12)15(20)17-13-7-9-19(10-8-13)14-5-3-4-6-14/h13-14H,3-11H2,1-2H3,(H,17,20)/t16-/m0/s1. The van der Waals surface area contributed by atoms with Gasteiger partial charge in [0, 0.05) is 31.6 Å². The van der Waals surface area contributed by atoms with Crippen molar-refractivity contribution < 1.29 is 9.63 Å². The van der Waals surface area contributed by atoms with Gasteiger partial charge in [-0.25, -0.2) is 0 Å². The van der Waals surface area contributed by atoms with E-state index < -0.39 is 5.60 Å². The summed E-state index contributed by atoms with van der Waals surface area (Å²) in [4.78, 5) is 20.3. The van der Waals surface area contributed by atoms with Crippen LogP contribution in [-0.4, -0.2) is 47.3 Å². The van der Waals surface area contributed by atoms with Crippen LogP contribution in [0.1, 0.15) is 58.8 Å². The summed E-state index contributed by atoms with van der Waals surface area (Å²) in [5.74, 6) is -0.0117. The number of oxime groups is 1. The van der Waals surface area contributed by atoms with Crippen LogP contribution in [0.15, 0.2) is 5.16 Å². The van der Waals surface area contributed by atoms with Crippen molar-refractivity contribution in [1.29, 1.82) is 0 Å². The lowest BCUT2D eigenvalue weighted by atomic mass is 9.97. The van der Waals surface area contributed by atoms with E-state index in [0.29, 0.717) is 6.42 Å². The largest absolute Gasteiger partial charge is 0.379 e. The molecule has 1 saturated carbocycles. The summed E-state index contributed by atoms with van der Waals surface area (Å²) in [5.41, 5.74) is 0.0934. The minimum absolute atomic E-state index is 0.0117. The first-order chi connectivity index (χ1) is 10.1. The van der Waals surface area contributed by atoms with Crippen LogP contribution in [0, 0.1) is 0 Å². The maximum Gasteiger partial charge on any atom is 0.267 e. The molecular weight excluding hydrogens is 266 g/mol. The molecule has 5 nitrogen and oxygen atoms in total. The second-order valence-electron chi connectivity index (χ2n) is 7.05. The summed E-state index contributed by atoms with van der Waals surface area (Å²) in [6, 6.07) is 1.09. The molecule has 21 heavy (non-hydrogen) atoms. The first kappa shape index (κ1) is 14.8. The molecule has 0 aromatic carbocycles. The molecule has 1 N–H and O–H groups in total. The second kappa shape index (κ2) is 5.95. The van der Waals surface area contributed by atoms with Gasteiger partial charge in [-0.05, 0) is 39.5 Å². The third kappa shape index (κ3) is 3.23. The SMILES string of the molecule is CC1=NO[C@](C)(C(=O)NC2CCN(C3CCCC3)CC2)C1. The lowest BCUT2D eigenvalue weighted by Crippen LogP contribution is -2.52. The van der Waals surface area contributed by atoms with E-state index >= 15 is 0 Å². The minimum Gasteiger partial charge on any atom is -0.379 e. The highest BCUT2D eigenvalue weighted by Gasteiger charge is 2.41. The first-order valence-corrected chi connectivity index (χ1v) is 8.33. The highest BCUT2D eigenvalue weighted by Crippen LogP contribution is 2.27. The number of nitrogens with zero attached hydrogens (tertiary/aromatic N) is 2. The molecule has 1 aliphatic carbocycles. The first-order valence-electron chi connectivity index (χ1n) is 8.33. The number of carbonyl (C=O) groups excluding carboxylic acids is 1. The van der Waals surface area contributed by atoms with E-state index in [4.69, 9.17) is 4.84 Å². The summed E-state index contributed by atoms with van der Waals surface area (Å²) in [5, 5.41) is 7.08. The molecule has 0 aromatic heterocycles. The maximum atomic E-state index is 12.4. The Kier molecular flexibility index (Phi) is 4.20. The van der Waals surface area contributed by atoms with Gasteiger partial charge in [-0.2, -0.15) is 0 Å². The van der Waals surface area contributed by atoms with Gasteiger partial charge in [0.2, 0.25) is 5.60 Å². The van der Waals surface area contributed by atoms with Crippen molar-refractivity contribution in [3.63, 3.8) is 0 Å². The van der Waals surface area contributed by atoms with Gasteiger partial charge in [0.25, 0.3) is 5.91 Å². The Morgan fingerprint density at radius 1 is 1.29 bits per heavy atom. The molecule has 2 fully saturated rings. The van der Waals surface area contributed by atoms with Crippen molar-refractivity contribution >= 4 is 11.6 Å². The third-order valence-corrected chi connectivity index (χ3v) is 5.18. The third-order valence-electron chi connectivity index (χ3n) is 5.18. The number of piperidine rings is 1. The highest BCUT2D eigenvalue weighted by molar-refractivity contribution is 5.94. The fraction of sp³-hybridized carbons (Fsp3) is 0.875. The lowest BCUT2D eigenvalue weighted by Gasteiger charge is -2.37. The van der Waals surface area contributed by atoms with Gasteiger partial charge in [0.1, 0.15) is 0 Å². The number of carbonyl (C=O) groups is 1. The topological polar surface area (TPSA) is 53.9 Å². The fourth-order valence-corrected chi connectivity index (χ4v) is 3.87. The Balaban J connectivity index is 1.46.